The Morgan fingerprint density at radius 1 is 1.50 bits per heavy atom. The van der Waals surface area contributed by atoms with Crippen LogP contribution in [-0.4, -0.2) is 25.3 Å². The highest BCUT2D eigenvalue weighted by molar-refractivity contribution is 6.00. The van der Waals surface area contributed by atoms with E-state index < -0.39 is 0 Å². The first-order valence-corrected chi connectivity index (χ1v) is 4.74. The van der Waals surface area contributed by atoms with Gasteiger partial charge in [0.15, 0.2) is 0 Å². The Bertz CT molecular complexity index is 239. The van der Waals surface area contributed by atoms with Gasteiger partial charge in [-0.1, -0.05) is 19.9 Å². The van der Waals surface area contributed by atoms with Gasteiger partial charge in [-0.15, -0.1) is 0 Å². The summed E-state index contributed by atoms with van der Waals surface area (Å²) >= 11 is 0. The third-order valence-corrected chi connectivity index (χ3v) is 1.56. The van der Waals surface area contributed by atoms with E-state index in [0.29, 0.717) is 12.5 Å². The van der Waals surface area contributed by atoms with Gasteiger partial charge >= 0.3 is 0 Å². The summed E-state index contributed by atoms with van der Waals surface area (Å²) in [5.74, 6) is 2.04. The monoisotopic (exact) mass is 196 g/mol. The molecule has 14 heavy (non-hydrogen) atoms. The molecule has 0 saturated carbocycles. The topological polar surface area (TPSA) is 62.8 Å². The van der Waals surface area contributed by atoms with E-state index in [9.17, 15) is 0 Å². The summed E-state index contributed by atoms with van der Waals surface area (Å²) in [4.78, 5) is 8.15. The van der Waals surface area contributed by atoms with Crippen molar-refractivity contribution in [2.75, 3.05) is 13.6 Å². The van der Waals surface area contributed by atoms with E-state index in [0.717, 1.165) is 11.7 Å². The lowest BCUT2D eigenvalue weighted by atomic mass is 10.2. The van der Waals surface area contributed by atoms with Gasteiger partial charge in [0.1, 0.15) is 5.84 Å². The van der Waals surface area contributed by atoms with Crippen molar-refractivity contribution in [3.8, 4) is 0 Å². The predicted octanol–water partition coefficient (Wildman–Crippen LogP) is 1.15. The second kappa shape index (κ2) is 7.26. The Balaban J connectivity index is 4.26. The first-order valence-electron chi connectivity index (χ1n) is 4.74. The van der Waals surface area contributed by atoms with Crippen molar-refractivity contribution >= 4 is 11.7 Å². The molecule has 0 spiro atoms. The smallest absolute Gasteiger partial charge is 0.121 e. The number of aliphatic imine (C=N–C) groups is 2. The second-order valence-corrected chi connectivity index (χ2v) is 3.30. The summed E-state index contributed by atoms with van der Waals surface area (Å²) in [5, 5.41) is 3.01. The number of hydrogen-bond donors (Lipinski definition) is 2. The average Bonchev–Trinajstić information content (AvgIpc) is 2.15. The van der Waals surface area contributed by atoms with Crippen LogP contribution in [-0.2, 0) is 0 Å². The number of nitrogens with one attached hydrogen (secondary N) is 1. The van der Waals surface area contributed by atoms with E-state index >= 15 is 0 Å². The van der Waals surface area contributed by atoms with E-state index in [2.05, 4.69) is 29.1 Å². The van der Waals surface area contributed by atoms with Crippen LogP contribution in [0, 0.1) is 5.92 Å². The standard InChI is InChI=1S/C10H20N4/c1-8(2)5-6-13-10(7-11)14-9(3)12-4/h5-6,8H,7,11H2,1-4H3,(H,12,13,14)/b6-5+. The summed E-state index contributed by atoms with van der Waals surface area (Å²) in [7, 11) is 1.72. The maximum atomic E-state index is 5.51. The van der Waals surface area contributed by atoms with Crippen molar-refractivity contribution in [2.24, 2.45) is 21.6 Å². The van der Waals surface area contributed by atoms with Crippen molar-refractivity contribution in [1.29, 1.82) is 0 Å². The van der Waals surface area contributed by atoms with Crippen molar-refractivity contribution in [3.05, 3.63) is 12.3 Å². The fourth-order valence-corrected chi connectivity index (χ4v) is 0.706. The van der Waals surface area contributed by atoms with E-state index in [-0.39, 0.29) is 0 Å². The van der Waals surface area contributed by atoms with Crippen LogP contribution in [0.3, 0.4) is 0 Å². The molecule has 0 unspecified atom stereocenters. The van der Waals surface area contributed by atoms with Crippen LogP contribution in [0.15, 0.2) is 22.3 Å². The molecule has 0 amide bonds. The molecule has 4 heteroatoms. The number of amidine groups is 2. The first kappa shape index (κ1) is 12.8. The minimum atomic E-state index is 0.384. The molecule has 0 aliphatic heterocycles. The van der Waals surface area contributed by atoms with Crippen LogP contribution < -0.4 is 11.1 Å². The molecule has 3 N–H and O–H groups in total. The summed E-state index contributed by atoms with van der Waals surface area (Å²) in [6.07, 6.45) is 3.78. The van der Waals surface area contributed by atoms with Crippen LogP contribution in [0.2, 0.25) is 0 Å². The van der Waals surface area contributed by atoms with Crippen LogP contribution >= 0.6 is 0 Å². The highest BCUT2D eigenvalue weighted by Crippen LogP contribution is 1.93. The van der Waals surface area contributed by atoms with Gasteiger partial charge in [0.05, 0.1) is 12.4 Å². The minimum absolute atomic E-state index is 0.384. The Labute approximate surface area is 86.0 Å². The van der Waals surface area contributed by atoms with Crippen molar-refractivity contribution in [3.63, 3.8) is 0 Å². The van der Waals surface area contributed by atoms with E-state index in [1.165, 1.54) is 0 Å². The van der Waals surface area contributed by atoms with Gasteiger partial charge in [0.25, 0.3) is 0 Å². The van der Waals surface area contributed by atoms with Gasteiger partial charge in [0.2, 0.25) is 0 Å². The quantitative estimate of drug-likeness (QED) is 0.525. The molecule has 0 aromatic rings. The summed E-state index contributed by atoms with van der Waals surface area (Å²) in [6.45, 7) is 6.45. The lowest BCUT2D eigenvalue weighted by molar-refractivity contribution is 0.829. The van der Waals surface area contributed by atoms with Gasteiger partial charge in [-0.05, 0) is 12.8 Å². The minimum Gasteiger partial charge on any atom is -0.331 e. The Morgan fingerprint density at radius 2 is 2.14 bits per heavy atom. The summed E-state index contributed by atoms with van der Waals surface area (Å²) in [5.41, 5.74) is 5.51. The zero-order valence-corrected chi connectivity index (χ0v) is 9.41. The molecule has 0 aliphatic rings. The molecule has 4 nitrogen and oxygen atoms in total. The average molecular weight is 196 g/mol. The molecular formula is C10H20N4. The van der Waals surface area contributed by atoms with Gasteiger partial charge in [-0.25, -0.2) is 4.99 Å². The molecule has 0 radical (unpaired) electrons. The molecule has 0 aromatic heterocycles. The molecule has 0 bridgehead atoms. The SMILES string of the molecule is CN=C(C)NC(CN)=N/C=C/C(C)C. The molecule has 0 saturated heterocycles. The van der Waals surface area contributed by atoms with Crippen LogP contribution in [0.25, 0.3) is 0 Å². The summed E-state index contributed by atoms with van der Waals surface area (Å²) < 4.78 is 0. The molecule has 0 aliphatic carbocycles. The zero-order valence-electron chi connectivity index (χ0n) is 9.41. The van der Waals surface area contributed by atoms with Crippen LogP contribution in [0.5, 0.6) is 0 Å². The first-order chi connectivity index (χ1) is 6.60. The summed E-state index contributed by atoms with van der Waals surface area (Å²) in [6, 6.07) is 0. The Kier molecular flexibility index (Phi) is 6.66. The zero-order chi connectivity index (χ0) is 11.0. The number of hydrogen-bond acceptors (Lipinski definition) is 3. The maximum Gasteiger partial charge on any atom is 0.121 e. The van der Waals surface area contributed by atoms with Gasteiger partial charge in [-0.2, -0.15) is 0 Å². The largest absolute Gasteiger partial charge is 0.331 e. The fraction of sp³-hybridized carbons (Fsp3) is 0.600. The highest BCUT2D eigenvalue weighted by Gasteiger charge is 1.94. The van der Waals surface area contributed by atoms with Crippen molar-refractivity contribution in [2.45, 2.75) is 20.8 Å². The Morgan fingerprint density at radius 3 is 2.57 bits per heavy atom. The van der Waals surface area contributed by atoms with Gasteiger partial charge in [0, 0.05) is 13.2 Å². The van der Waals surface area contributed by atoms with Crippen molar-refractivity contribution in [1.82, 2.24) is 5.32 Å². The molecular weight excluding hydrogens is 176 g/mol. The fourth-order valence-electron chi connectivity index (χ4n) is 0.706. The van der Waals surface area contributed by atoms with E-state index in [1.54, 1.807) is 13.2 Å². The lowest BCUT2D eigenvalue weighted by Gasteiger charge is -2.05. The molecule has 0 fully saturated rings. The molecule has 0 atom stereocenters. The number of rotatable bonds is 3. The van der Waals surface area contributed by atoms with Crippen LogP contribution in [0.4, 0.5) is 0 Å². The van der Waals surface area contributed by atoms with Crippen molar-refractivity contribution < 1.29 is 0 Å². The molecule has 0 rings (SSSR count). The Hall–Kier alpha value is -1.16. The van der Waals surface area contributed by atoms with Gasteiger partial charge < -0.3 is 11.1 Å². The third-order valence-electron chi connectivity index (χ3n) is 1.56. The number of allylic oxidation sites excluding steroid dienone is 1. The number of nitrogens with zero attached hydrogens (tertiary/aromatic N) is 2. The number of nitrogens with two attached hydrogens (primary N) is 1. The van der Waals surface area contributed by atoms with E-state index in [4.69, 9.17) is 5.73 Å². The lowest BCUT2D eigenvalue weighted by Crippen LogP contribution is -2.34. The highest BCUT2D eigenvalue weighted by atomic mass is 15.1. The maximum absolute atomic E-state index is 5.51. The molecule has 0 aromatic carbocycles. The van der Waals surface area contributed by atoms with Crippen LogP contribution in [0.1, 0.15) is 20.8 Å². The van der Waals surface area contributed by atoms with Gasteiger partial charge in [-0.3, -0.25) is 4.99 Å². The second-order valence-electron chi connectivity index (χ2n) is 3.30. The normalized spacial score (nSPS) is 14.1. The van der Waals surface area contributed by atoms with E-state index in [1.807, 2.05) is 13.0 Å². The third kappa shape index (κ3) is 6.37. The molecule has 80 valence electrons. The predicted molar refractivity (Wildman–Crippen MR) is 62.6 cm³/mol. The molecule has 0 heterocycles.